The Bertz CT molecular complexity index is 981. The molecule has 3 aromatic rings. The molecule has 0 saturated heterocycles. The molecular weight excluding hydrogens is 350 g/mol. The van der Waals surface area contributed by atoms with Crippen LogP contribution in [0.5, 0.6) is 0 Å². The second kappa shape index (κ2) is 8.26. The molecule has 4 rings (SSSR count). The van der Waals surface area contributed by atoms with Crippen LogP contribution >= 0.6 is 0 Å². The van der Waals surface area contributed by atoms with E-state index in [1.165, 1.54) is 55.2 Å². The first kappa shape index (κ1) is 18.9. The minimum absolute atomic E-state index is 0.648. The number of fused-ring (bicyclic) bond motifs is 1. The van der Waals surface area contributed by atoms with E-state index in [0.29, 0.717) is 11.5 Å². The van der Waals surface area contributed by atoms with Crippen LogP contribution in [0.1, 0.15) is 50.0 Å². The zero-order chi connectivity index (χ0) is 19.5. The quantitative estimate of drug-likeness (QED) is 0.395. The van der Waals surface area contributed by atoms with Crippen LogP contribution in [-0.2, 0) is 0 Å². The van der Waals surface area contributed by atoms with Crippen LogP contribution in [0.15, 0.2) is 67.3 Å². The number of allylic oxidation sites excluding steroid dienone is 1. The number of hydrogen-bond donors (Lipinski definition) is 0. The molecular formula is C26H26F2. The van der Waals surface area contributed by atoms with Crippen LogP contribution in [0.25, 0.3) is 21.9 Å². The SMILES string of the molecule is C=CCC[C@H]1CC[C@H](c2ccc3cc(-c4ccc(F)c(F)c4)ccc3c2)CC1. The lowest BCUT2D eigenvalue weighted by atomic mass is 9.77. The molecule has 0 atom stereocenters. The Kier molecular flexibility index (Phi) is 5.57. The predicted molar refractivity (Wildman–Crippen MR) is 113 cm³/mol. The monoisotopic (exact) mass is 376 g/mol. The van der Waals surface area contributed by atoms with Crippen molar-refractivity contribution in [3.63, 3.8) is 0 Å². The van der Waals surface area contributed by atoms with E-state index in [4.69, 9.17) is 0 Å². The van der Waals surface area contributed by atoms with Gasteiger partial charge in [0.05, 0.1) is 0 Å². The number of rotatable bonds is 5. The standard InChI is InChI=1S/C26H26F2/c1-2-3-4-18-5-7-19(8-6-18)20-9-10-22-16-23(12-11-21(22)15-20)24-13-14-25(27)26(28)17-24/h2,9-19H,1,3-8H2/t18-,19-. The van der Waals surface area contributed by atoms with E-state index in [-0.39, 0.29) is 0 Å². The average molecular weight is 376 g/mol. The van der Waals surface area contributed by atoms with Gasteiger partial charge in [-0.3, -0.25) is 0 Å². The summed E-state index contributed by atoms with van der Waals surface area (Å²) in [6.45, 7) is 3.83. The van der Waals surface area contributed by atoms with Crippen molar-refractivity contribution in [3.8, 4) is 11.1 Å². The van der Waals surface area contributed by atoms with Crippen LogP contribution in [-0.4, -0.2) is 0 Å². The van der Waals surface area contributed by atoms with Crippen LogP contribution in [0, 0.1) is 17.6 Å². The van der Waals surface area contributed by atoms with Crippen LogP contribution in [0.3, 0.4) is 0 Å². The predicted octanol–water partition coefficient (Wildman–Crippen LogP) is 8.03. The molecule has 1 aliphatic carbocycles. The molecule has 0 spiro atoms. The molecule has 0 bridgehead atoms. The molecule has 0 heterocycles. The van der Waals surface area contributed by atoms with Crippen molar-refractivity contribution in [2.24, 2.45) is 5.92 Å². The lowest BCUT2D eigenvalue weighted by Crippen LogP contribution is -2.13. The van der Waals surface area contributed by atoms with Gasteiger partial charge in [-0.15, -0.1) is 6.58 Å². The highest BCUT2D eigenvalue weighted by Crippen LogP contribution is 2.38. The zero-order valence-corrected chi connectivity index (χ0v) is 16.1. The summed E-state index contributed by atoms with van der Waals surface area (Å²) in [5, 5.41) is 2.34. The molecule has 0 amide bonds. The molecule has 1 fully saturated rings. The maximum absolute atomic E-state index is 13.6. The summed E-state index contributed by atoms with van der Waals surface area (Å²) in [4.78, 5) is 0. The highest BCUT2D eigenvalue weighted by atomic mass is 19.2. The Morgan fingerprint density at radius 3 is 2.21 bits per heavy atom. The summed E-state index contributed by atoms with van der Waals surface area (Å²) in [6, 6.07) is 16.9. The first-order chi connectivity index (χ1) is 13.6. The Balaban J connectivity index is 1.52. The van der Waals surface area contributed by atoms with Gasteiger partial charge in [-0.25, -0.2) is 8.78 Å². The number of halogens is 2. The molecule has 1 aliphatic rings. The normalized spacial score (nSPS) is 19.6. The van der Waals surface area contributed by atoms with Crippen molar-refractivity contribution >= 4 is 10.8 Å². The first-order valence-corrected chi connectivity index (χ1v) is 10.2. The Morgan fingerprint density at radius 1 is 0.786 bits per heavy atom. The van der Waals surface area contributed by atoms with E-state index in [2.05, 4.69) is 36.9 Å². The van der Waals surface area contributed by atoms with Gasteiger partial charge in [0.25, 0.3) is 0 Å². The molecule has 0 nitrogen and oxygen atoms in total. The second-order valence-corrected chi connectivity index (χ2v) is 8.03. The zero-order valence-electron chi connectivity index (χ0n) is 16.1. The van der Waals surface area contributed by atoms with E-state index in [9.17, 15) is 8.78 Å². The van der Waals surface area contributed by atoms with E-state index in [1.54, 1.807) is 6.07 Å². The molecule has 1 saturated carbocycles. The molecule has 0 radical (unpaired) electrons. The van der Waals surface area contributed by atoms with Gasteiger partial charge in [-0.2, -0.15) is 0 Å². The molecule has 0 unspecified atom stereocenters. The van der Waals surface area contributed by atoms with Crippen LogP contribution in [0.2, 0.25) is 0 Å². The number of hydrogen-bond acceptors (Lipinski definition) is 0. The summed E-state index contributed by atoms with van der Waals surface area (Å²) in [5.74, 6) is -0.117. The Labute approximate surface area is 165 Å². The largest absolute Gasteiger partial charge is 0.204 e. The molecule has 0 N–H and O–H groups in total. The summed E-state index contributed by atoms with van der Waals surface area (Å²) in [6.07, 6.45) is 9.59. The van der Waals surface area contributed by atoms with Gasteiger partial charge in [0.2, 0.25) is 0 Å². The maximum atomic E-state index is 13.6. The van der Waals surface area contributed by atoms with Crippen molar-refractivity contribution in [1.82, 2.24) is 0 Å². The first-order valence-electron chi connectivity index (χ1n) is 10.2. The lowest BCUT2D eigenvalue weighted by molar-refractivity contribution is 0.312. The van der Waals surface area contributed by atoms with Gasteiger partial charge in [0.15, 0.2) is 11.6 Å². The van der Waals surface area contributed by atoms with Crippen molar-refractivity contribution < 1.29 is 8.78 Å². The van der Waals surface area contributed by atoms with Crippen molar-refractivity contribution in [2.45, 2.75) is 44.4 Å². The van der Waals surface area contributed by atoms with Gasteiger partial charge < -0.3 is 0 Å². The highest BCUT2D eigenvalue weighted by Gasteiger charge is 2.22. The van der Waals surface area contributed by atoms with Crippen molar-refractivity contribution in [2.75, 3.05) is 0 Å². The Hall–Kier alpha value is -2.48. The van der Waals surface area contributed by atoms with Crippen LogP contribution in [0.4, 0.5) is 8.78 Å². The smallest absolute Gasteiger partial charge is 0.159 e. The van der Waals surface area contributed by atoms with Gasteiger partial charge in [0.1, 0.15) is 0 Å². The summed E-state index contributed by atoms with van der Waals surface area (Å²) in [7, 11) is 0. The van der Waals surface area contributed by atoms with Gasteiger partial charge >= 0.3 is 0 Å². The fourth-order valence-electron chi connectivity index (χ4n) is 4.51. The van der Waals surface area contributed by atoms with Gasteiger partial charge in [-0.05, 0) is 96.0 Å². The highest BCUT2D eigenvalue weighted by molar-refractivity contribution is 5.88. The number of benzene rings is 3. The summed E-state index contributed by atoms with van der Waals surface area (Å²) < 4.78 is 26.7. The fourth-order valence-corrected chi connectivity index (χ4v) is 4.51. The third-order valence-electron chi connectivity index (χ3n) is 6.21. The minimum atomic E-state index is -0.812. The molecule has 0 aliphatic heterocycles. The maximum Gasteiger partial charge on any atom is 0.159 e. The third kappa shape index (κ3) is 4.01. The molecule has 0 aromatic heterocycles. The summed E-state index contributed by atoms with van der Waals surface area (Å²) >= 11 is 0. The van der Waals surface area contributed by atoms with Crippen molar-refractivity contribution in [1.29, 1.82) is 0 Å². The molecule has 144 valence electrons. The van der Waals surface area contributed by atoms with Crippen molar-refractivity contribution in [3.05, 3.63) is 84.5 Å². The van der Waals surface area contributed by atoms with E-state index < -0.39 is 11.6 Å². The van der Waals surface area contributed by atoms with Gasteiger partial charge in [-0.1, -0.05) is 42.5 Å². The molecule has 3 aromatic carbocycles. The Morgan fingerprint density at radius 2 is 1.46 bits per heavy atom. The fraction of sp³-hybridized carbons (Fsp3) is 0.308. The lowest BCUT2D eigenvalue weighted by Gasteiger charge is -2.28. The van der Waals surface area contributed by atoms with Crippen LogP contribution < -0.4 is 0 Å². The van der Waals surface area contributed by atoms with E-state index in [1.807, 2.05) is 12.1 Å². The van der Waals surface area contributed by atoms with E-state index >= 15 is 0 Å². The molecule has 28 heavy (non-hydrogen) atoms. The third-order valence-corrected chi connectivity index (χ3v) is 6.21. The topological polar surface area (TPSA) is 0 Å². The minimum Gasteiger partial charge on any atom is -0.204 e. The average Bonchev–Trinajstić information content (AvgIpc) is 2.74. The molecule has 2 heteroatoms. The van der Waals surface area contributed by atoms with Gasteiger partial charge in [0, 0.05) is 0 Å². The summed E-state index contributed by atoms with van der Waals surface area (Å²) in [5.41, 5.74) is 3.03. The van der Waals surface area contributed by atoms with E-state index in [0.717, 1.165) is 23.3 Å². The second-order valence-electron chi connectivity index (χ2n) is 8.03.